The third kappa shape index (κ3) is 5.23. The number of fused-ring (bicyclic) bond motifs is 7. The van der Waals surface area contributed by atoms with Gasteiger partial charge in [-0.25, -0.2) is 4.39 Å². The molecular formula is C41H52FNO6. The Morgan fingerprint density at radius 2 is 1.82 bits per heavy atom. The summed E-state index contributed by atoms with van der Waals surface area (Å²) in [4.78, 5) is 30.7. The molecule has 264 valence electrons. The number of pyridine rings is 1. The van der Waals surface area contributed by atoms with Crippen LogP contribution < -0.4 is 0 Å². The smallest absolute Gasteiger partial charge is 0.193 e. The maximum atomic E-state index is 17.6. The van der Waals surface area contributed by atoms with Crippen LogP contribution in [-0.2, 0) is 31.9 Å². The van der Waals surface area contributed by atoms with Gasteiger partial charge in [0.2, 0.25) is 0 Å². The molecule has 1 aromatic heterocycles. The lowest BCUT2D eigenvalue weighted by molar-refractivity contribution is -0.231. The van der Waals surface area contributed by atoms with Crippen LogP contribution in [-0.4, -0.2) is 56.8 Å². The predicted octanol–water partition coefficient (Wildman–Crippen LogP) is 6.96. The molecule has 1 saturated heterocycles. The number of alkyl halides is 1. The molecule has 49 heavy (non-hydrogen) atoms. The number of halogens is 1. The molecule has 1 aliphatic heterocycles. The van der Waals surface area contributed by atoms with Crippen molar-refractivity contribution in [2.45, 2.75) is 116 Å². The molecule has 4 fully saturated rings. The van der Waals surface area contributed by atoms with Crippen molar-refractivity contribution in [3.63, 3.8) is 0 Å². The molecule has 0 spiro atoms. The lowest BCUT2D eigenvalue weighted by Gasteiger charge is -2.62. The van der Waals surface area contributed by atoms with Gasteiger partial charge >= 0.3 is 0 Å². The Hall–Kier alpha value is -3.04. The van der Waals surface area contributed by atoms with Gasteiger partial charge < -0.3 is 19.7 Å². The maximum absolute atomic E-state index is 17.6. The summed E-state index contributed by atoms with van der Waals surface area (Å²) in [6.07, 6.45) is 6.32. The highest BCUT2D eigenvalue weighted by Gasteiger charge is 2.79. The highest BCUT2D eigenvalue weighted by molar-refractivity contribution is 6.01. The van der Waals surface area contributed by atoms with Crippen molar-refractivity contribution in [2.75, 3.05) is 6.61 Å². The third-order valence-corrected chi connectivity index (χ3v) is 12.8. The summed E-state index contributed by atoms with van der Waals surface area (Å²) in [6.45, 7) is 9.55. The third-order valence-electron chi connectivity index (χ3n) is 12.8. The Morgan fingerprint density at radius 1 is 1.08 bits per heavy atom. The number of nitrogens with zero attached hydrogens (tertiary/aromatic N) is 1. The van der Waals surface area contributed by atoms with Gasteiger partial charge in [0.15, 0.2) is 29.1 Å². The highest BCUT2D eigenvalue weighted by atomic mass is 19.1. The van der Waals surface area contributed by atoms with Crippen molar-refractivity contribution in [2.24, 2.45) is 28.6 Å². The van der Waals surface area contributed by atoms with E-state index in [4.69, 9.17) is 14.5 Å². The predicted molar refractivity (Wildman–Crippen MR) is 185 cm³/mol. The summed E-state index contributed by atoms with van der Waals surface area (Å²) in [5.74, 6) is -0.738. The fraction of sp³-hybridized carbons (Fsp3) is 0.585. The van der Waals surface area contributed by atoms with E-state index in [-0.39, 0.29) is 31.5 Å². The number of benzene rings is 1. The quantitative estimate of drug-likeness (QED) is 0.312. The number of hydrogen-bond donors (Lipinski definition) is 2. The number of rotatable bonds is 8. The molecule has 2 N–H and O–H groups in total. The van der Waals surface area contributed by atoms with Gasteiger partial charge in [-0.1, -0.05) is 77.1 Å². The lowest BCUT2D eigenvalue weighted by atomic mass is 9.44. The van der Waals surface area contributed by atoms with Gasteiger partial charge in [0.05, 0.1) is 12.2 Å². The topological polar surface area (TPSA) is 106 Å². The Bertz CT molecular complexity index is 1650. The average molecular weight is 674 g/mol. The molecule has 4 aliphatic carbocycles. The van der Waals surface area contributed by atoms with E-state index in [0.717, 1.165) is 18.5 Å². The van der Waals surface area contributed by atoms with Crippen molar-refractivity contribution in [3.05, 3.63) is 88.8 Å². The van der Waals surface area contributed by atoms with Crippen molar-refractivity contribution < 1.29 is 33.7 Å². The van der Waals surface area contributed by atoms with E-state index >= 15 is 4.39 Å². The van der Waals surface area contributed by atoms with Crippen LogP contribution in [0.1, 0.15) is 102 Å². The van der Waals surface area contributed by atoms with Crippen LogP contribution in [0.25, 0.3) is 0 Å². The molecule has 0 unspecified atom stereocenters. The van der Waals surface area contributed by atoms with E-state index in [1.54, 1.807) is 19.2 Å². The van der Waals surface area contributed by atoms with Gasteiger partial charge in [-0.3, -0.25) is 14.6 Å². The van der Waals surface area contributed by atoms with Gasteiger partial charge in [-0.15, -0.1) is 0 Å². The van der Waals surface area contributed by atoms with Crippen LogP contribution in [0, 0.1) is 28.6 Å². The van der Waals surface area contributed by atoms with Crippen LogP contribution in [0.15, 0.2) is 66.4 Å². The molecular weight excluding hydrogens is 621 g/mol. The van der Waals surface area contributed by atoms with Crippen molar-refractivity contribution >= 4 is 11.6 Å². The first-order valence-corrected chi connectivity index (χ1v) is 17.6. The molecule has 0 radical (unpaired) electrons. The van der Waals surface area contributed by atoms with Crippen LogP contribution in [0.3, 0.4) is 0 Å². The van der Waals surface area contributed by atoms with Crippen LogP contribution >= 0.6 is 0 Å². The van der Waals surface area contributed by atoms with Gasteiger partial charge in [0, 0.05) is 34.2 Å². The first-order valence-electron chi connectivity index (χ1n) is 17.6. The first-order chi connectivity index (χ1) is 22.8. The summed E-state index contributed by atoms with van der Waals surface area (Å²) < 4.78 is 30.8. The number of aromatic nitrogens is 1. The first kappa shape index (κ1) is 35.8. The largest absolute Gasteiger partial charge is 0.390 e. The second-order valence-corrected chi connectivity index (χ2v) is 15.9. The molecule has 7 nitrogen and oxygen atoms in total. The Balaban J connectivity index is 0.00000417. The average Bonchev–Trinajstić information content (AvgIpc) is 3.55. The van der Waals surface area contributed by atoms with Gasteiger partial charge in [-0.2, -0.15) is 0 Å². The molecule has 1 aromatic carbocycles. The maximum Gasteiger partial charge on any atom is 0.193 e. The Kier molecular flexibility index (Phi) is 9.22. The minimum Gasteiger partial charge on any atom is -0.390 e. The lowest BCUT2D eigenvalue weighted by Crippen LogP contribution is -2.69. The number of aliphatic hydroxyl groups is 2. The number of carbonyl (C=O) groups excluding carboxylic acids is 2. The molecule has 2 aromatic rings. The fourth-order valence-corrected chi connectivity index (χ4v) is 10.3. The van der Waals surface area contributed by atoms with E-state index in [1.807, 2.05) is 19.1 Å². The zero-order valence-corrected chi connectivity index (χ0v) is 28.6. The molecule has 0 bridgehead atoms. The summed E-state index contributed by atoms with van der Waals surface area (Å²) >= 11 is 0. The molecule has 7 rings (SSSR count). The Morgan fingerprint density at radius 3 is 2.47 bits per heavy atom. The van der Waals surface area contributed by atoms with E-state index in [1.165, 1.54) is 23.3 Å². The summed E-state index contributed by atoms with van der Waals surface area (Å²) in [6, 6.07) is 12.7. The minimum atomic E-state index is -2.03. The Labute approximate surface area is 290 Å². The van der Waals surface area contributed by atoms with Gasteiger partial charge in [0.25, 0.3) is 0 Å². The van der Waals surface area contributed by atoms with E-state index in [9.17, 15) is 19.8 Å². The van der Waals surface area contributed by atoms with E-state index < -0.39 is 58.9 Å². The van der Waals surface area contributed by atoms with Crippen molar-refractivity contribution in [3.8, 4) is 0 Å². The molecule has 3 saturated carbocycles. The highest BCUT2D eigenvalue weighted by Crippen LogP contribution is 2.72. The van der Waals surface area contributed by atoms with Crippen LogP contribution in [0.4, 0.5) is 4.39 Å². The molecule has 2 heterocycles. The summed E-state index contributed by atoms with van der Waals surface area (Å²) in [7, 11) is 0. The van der Waals surface area contributed by atoms with Crippen molar-refractivity contribution in [1.29, 1.82) is 0 Å². The number of Topliss-reactive ketones (excluding diaryl/α,β-unsaturated/α-hetero) is 1. The molecule has 10 atom stereocenters. The van der Waals surface area contributed by atoms with E-state index in [2.05, 4.69) is 45.0 Å². The van der Waals surface area contributed by atoms with Gasteiger partial charge in [0.1, 0.15) is 6.61 Å². The van der Waals surface area contributed by atoms with Crippen LogP contribution in [0.5, 0.6) is 0 Å². The number of hydrogen-bond acceptors (Lipinski definition) is 7. The number of ether oxygens (including phenoxy) is 2. The van der Waals surface area contributed by atoms with Crippen molar-refractivity contribution in [1.82, 2.24) is 4.98 Å². The second-order valence-electron chi connectivity index (χ2n) is 15.9. The number of allylic oxidation sites excluding steroid dienone is 4. The summed E-state index contributed by atoms with van der Waals surface area (Å²) in [5, 5.41) is 22.0. The number of carbonyl (C=O) groups is 2. The molecule has 0 amide bonds. The summed E-state index contributed by atoms with van der Waals surface area (Å²) in [5.41, 5.74) is -0.825. The SMILES string of the molecule is C.CC(C)Cc1ccc([C@@H](C)Cc2ccc([C@@H]3O[C@@H]4C[C@H]5[C@@H]6CCC7=CC(=O)C=C[C@]7(C)[C@@]6(F)[C@@H](O)C[C@]5(C)[C@]4(C(=O)CO)O3)cn2)cc1. The van der Waals surface area contributed by atoms with Gasteiger partial charge in [-0.05, 0) is 92.5 Å². The monoisotopic (exact) mass is 673 g/mol. The molecule has 8 heteroatoms. The molecule has 5 aliphatic rings. The van der Waals surface area contributed by atoms with E-state index in [0.29, 0.717) is 36.3 Å². The van der Waals surface area contributed by atoms with Crippen LogP contribution in [0.2, 0.25) is 0 Å². The fourth-order valence-electron chi connectivity index (χ4n) is 10.3. The zero-order chi connectivity index (χ0) is 34.2. The second kappa shape index (κ2) is 12.6. The minimum absolute atomic E-state index is 0. The number of ketones is 2. The standard InChI is InChI=1S/C40H48FNO6.CH4/c1-23(2)16-25-6-8-26(9-7-25)24(3)17-29-12-10-27(21-42-29)36-47-35-19-32-31-13-11-28-18-30(44)14-15-37(28,4)39(31,41)33(45)20-38(32,5)40(35,48-36)34(46)22-43;/h6-10,12,14-15,18,21,23-24,31-33,35-36,43,45H,11,13,16-17,19-20,22H2,1-5H3;1H4/t24-,31-,32-,33-,35+,36+,37-,38-,39-,40+;/m0./s1. The zero-order valence-electron chi connectivity index (χ0n) is 28.6. The number of aliphatic hydroxyl groups excluding tert-OH is 2. The normalized spacial score (nSPS) is 38.2.